The molecule has 3 nitrogen and oxygen atoms in total. The third kappa shape index (κ3) is 1.72. The summed E-state index contributed by atoms with van der Waals surface area (Å²) in [5.41, 5.74) is 1.37. The second-order valence-electron chi connectivity index (χ2n) is 3.31. The fraction of sp³-hybridized carbons (Fsp3) is 0.0909. The van der Waals surface area contributed by atoms with Crippen LogP contribution in [0.25, 0.3) is 5.69 Å². The van der Waals surface area contributed by atoms with Crippen LogP contribution in [0.2, 0.25) is 5.02 Å². The first-order valence-electron chi connectivity index (χ1n) is 4.59. The topological polar surface area (TPSA) is 34.9 Å². The Morgan fingerprint density at radius 1 is 1.44 bits per heavy atom. The molecule has 1 aromatic heterocycles. The zero-order valence-electron chi connectivity index (χ0n) is 8.45. The van der Waals surface area contributed by atoms with E-state index in [0.717, 1.165) is 5.69 Å². The summed E-state index contributed by atoms with van der Waals surface area (Å²) in [7, 11) is 0. The number of aromatic nitrogens is 2. The van der Waals surface area contributed by atoms with Crippen LogP contribution in [-0.4, -0.2) is 16.1 Å². The highest BCUT2D eigenvalue weighted by molar-refractivity contribution is 6.33. The Hall–Kier alpha value is -1.68. The summed E-state index contributed by atoms with van der Waals surface area (Å²) in [6.45, 7) is 1.82. The number of aryl methyl sites for hydroxylation is 1. The van der Waals surface area contributed by atoms with Gasteiger partial charge < -0.3 is 0 Å². The number of carbonyl (C=O) groups excluding carboxylic acids is 1. The molecule has 0 saturated heterocycles. The average molecular weight is 239 g/mol. The van der Waals surface area contributed by atoms with Crippen LogP contribution in [0.4, 0.5) is 4.39 Å². The van der Waals surface area contributed by atoms with Crippen molar-refractivity contribution < 1.29 is 9.18 Å². The lowest BCUT2D eigenvalue weighted by molar-refractivity contribution is 0.112. The molecule has 1 aromatic carbocycles. The fourth-order valence-corrected chi connectivity index (χ4v) is 1.62. The van der Waals surface area contributed by atoms with Crippen molar-refractivity contribution in [2.45, 2.75) is 6.92 Å². The van der Waals surface area contributed by atoms with Crippen LogP contribution in [0.5, 0.6) is 0 Å². The summed E-state index contributed by atoms with van der Waals surface area (Å²) in [4.78, 5) is 10.9. The molecule has 0 aliphatic carbocycles. The van der Waals surface area contributed by atoms with Crippen LogP contribution in [0.15, 0.2) is 24.4 Å². The third-order valence-electron chi connectivity index (χ3n) is 2.20. The second kappa shape index (κ2) is 4.06. The van der Waals surface area contributed by atoms with Gasteiger partial charge >= 0.3 is 0 Å². The van der Waals surface area contributed by atoms with Crippen molar-refractivity contribution in [3.8, 4) is 5.69 Å². The Bertz CT molecular complexity index is 551. The van der Waals surface area contributed by atoms with Gasteiger partial charge in [-0.2, -0.15) is 5.10 Å². The summed E-state index contributed by atoms with van der Waals surface area (Å²) in [6.07, 6.45) is 2.21. The van der Waals surface area contributed by atoms with E-state index in [2.05, 4.69) is 5.10 Å². The van der Waals surface area contributed by atoms with Crippen molar-refractivity contribution in [2.24, 2.45) is 0 Å². The Morgan fingerprint density at radius 3 is 2.75 bits per heavy atom. The van der Waals surface area contributed by atoms with Gasteiger partial charge in [-0.15, -0.1) is 0 Å². The number of hydrogen-bond donors (Lipinski definition) is 0. The third-order valence-corrected chi connectivity index (χ3v) is 2.58. The molecule has 0 spiro atoms. The SMILES string of the molecule is Cc1ccn(-c2ccc(F)c(Cl)c2C=O)n1. The lowest BCUT2D eigenvalue weighted by atomic mass is 10.2. The largest absolute Gasteiger partial charge is 0.298 e. The molecular weight excluding hydrogens is 231 g/mol. The first kappa shape index (κ1) is 10.8. The molecular formula is C11H8ClFN2O. The molecule has 0 unspecified atom stereocenters. The number of nitrogens with zero attached hydrogens (tertiary/aromatic N) is 2. The van der Waals surface area contributed by atoms with Crippen LogP contribution < -0.4 is 0 Å². The molecule has 5 heteroatoms. The van der Waals surface area contributed by atoms with E-state index in [0.29, 0.717) is 12.0 Å². The molecule has 0 aliphatic rings. The quantitative estimate of drug-likeness (QED) is 0.754. The lowest BCUT2D eigenvalue weighted by Gasteiger charge is -2.06. The highest BCUT2D eigenvalue weighted by Gasteiger charge is 2.12. The van der Waals surface area contributed by atoms with Crippen molar-refractivity contribution in [3.63, 3.8) is 0 Å². The van der Waals surface area contributed by atoms with Gasteiger partial charge in [0.05, 0.1) is 22.0 Å². The normalized spacial score (nSPS) is 10.4. The van der Waals surface area contributed by atoms with Gasteiger partial charge in [0.2, 0.25) is 0 Å². The Balaban J connectivity index is 2.65. The zero-order chi connectivity index (χ0) is 11.7. The predicted molar refractivity (Wildman–Crippen MR) is 58.7 cm³/mol. The minimum atomic E-state index is -0.614. The lowest BCUT2D eigenvalue weighted by Crippen LogP contribution is -2.01. The second-order valence-corrected chi connectivity index (χ2v) is 3.69. The first-order valence-corrected chi connectivity index (χ1v) is 4.97. The Morgan fingerprint density at radius 2 is 2.19 bits per heavy atom. The monoisotopic (exact) mass is 238 g/mol. The summed E-state index contributed by atoms with van der Waals surface area (Å²) < 4.78 is 14.6. The van der Waals surface area contributed by atoms with Gasteiger partial charge in [-0.25, -0.2) is 9.07 Å². The molecule has 0 bridgehead atoms. The molecule has 0 atom stereocenters. The van der Waals surface area contributed by atoms with E-state index >= 15 is 0 Å². The molecule has 0 fully saturated rings. The van der Waals surface area contributed by atoms with Gasteiger partial charge in [0.15, 0.2) is 6.29 Å². The fourth-order valence-electron chi connectivity index (χ4n) is 1.42. The molecule has 2 rings (SSSR count). The van der Waals surface area contributed by atoms with E-state index in [1.165, 1.54) is 16.8 Å². The van der Waals surface area contributed by atoms with Crippen LogP contribution in [0.3, 0.4) is 0 Å². The van der Waals surface area contributed by atoms with E-state index < -0.39 is 5.82 Å². The molecule has 82 valence electrons. The number of aldehydes is 1. The van der Waals surface area contributed by atoms with Gasteiger partial charge in [0.25, 0.3) is 0 Å². The van der Waals surface area contributed by atoms with E-state index in [9.17, 15) is 9.18 Å². The van der Waals surface area contributed by atoms with Crippen molar-refractivity contribution in [1.82, 2.24) is 9.78 Å². The maximum Gasteiger partial charge on any atom is 0.153 e. The summed E-state index contributed by atoms with van der Waals surface area (Å²) in [6, 6.07) is 4.46. The van der Waals surface area contributed by atoms with Crippen molar-refractivity contribution >= 4 is 17.9 Å². The van der Waals surface area contributed by atoms with Crippen LogP contribution in [-0.2, 0) is 0 Å². The van der Waals surface area contributed by atoms with E-state index in [1.54, 1.807) is 12.3 Å². The predicted octanol–water partition coefficient (Wildman–Crippen LogP) is 2.79. The summed E-state index contributed by atoms with van der Waals surface area (Å²) >= 11 is 5.71. The smallest absolute Gasteiger partial charge is 0.153 e. The Kier molecular flexibility index (Phi) is 2.75. The number of rotatable bonds is 2. The number of hydrogen-bond acceptors (Lipinski definition) is 2. The Labute approximate surface area is 96.5 Å². The van der Waals surface area contributed by atoms with Gasteiger partial charge in [-0.3, -0.25) is 4.79 Å². The zero-order valence-corrected chi connectivity index (χ0v) is 9.20. The minimum absolute atomic E-state index is 0.102. The van der Waals surface area contributed by atoms with Crippen molar-refractivity contribution in [1.29, 1.82) is 0 Å². The summed E-state index contributed by atoms with van der Waals surface area (Å²) in [5, 5.41) is 3.96. The standard InChI is InChI=1S/C11H8ClFN2O/c1-7-4-5-15(14-7)10-3-2-9(13)11(12)8(10)6-16/h2-6H,1H3. The maximum atomic E-state index is 13.1. The molecule has 1 heterocycles. The van der Waals surface area contributed by atoms with E-state index in [1.807, 2.05) is 6.92 Å². The molecule has 0 N–H and O–H groups in total. The molecule has 16 heavy (non-hydrogen) atoms. The van der Waals surface area contributed by atoms with Crippen molar-refractivity contribution in [3.05, 3.63) is 46.5 Å². The van der Waals surface area contributed by atoms with Crippen LogP contribution in [0, 0.1) is 12.7 Å². The van der Waals surface area contributed by atoms with Gasteiger partial charge in [-0.1, -0.05) is 11.6 Å². The molecule has 0 amide bonds. The van der Waals surface area contributed by atoms with E-state index in [4.69, 9.17) is 11.6 Å². The minimum Gasteiger partial charge on any atom is -0.298 e. The van der Waals surface area contributed by atoms with Crippen LogP contribution >= 0.6 is 11.6 Å². The molecule has 0 radical (unpaired) electrons. The van der Waals surface area contributed by atoms with Crippen LogP contribution in [0.1, 0.15) is 16.1 Å². The average Bonchev–Trinajstić information content (AvgIpc) is 2.68. The van der Waals surface area contributed by atoms with E-state index in [-0.39, 0.29) is 10.6 Å². The molecule has 2 aromatic rings. The molecule has 0 aliphatic heterocycles. The molecule has 0 saturated carbocycles. The number of halogens is 2. The van der Waals surface area contributed by atoms with Crippen molar-refractivity contribution in [2.75, 3.05) is 0 Å². The first-order chi connectivity index (χ1) is 7.63. The van der Waals surface area contributed by atoms with Gasteiger partial charge in [-0.05, 0) is 25.1 Å². The number of benzene rings is 1. The highest BCUT2D eigenvalue weighted by Crippen LogP contribution is 2.24. The maximum absolute atomic E-state index is 13.1. The van der Waals surface area contributed by atoms with Gasteiger partial charge in [0, 0.05) is 6.20 Å². The van der Waals surface area contributed by atoms with Gasteiger partial charge in [0.1, 0.15) is 5.82 Å². The highest BCUT2D eigenvalue weighted by atomic mass is 35.5. The summed E-state index contributed by atoms with van der Waals surface area (Å²) in [5.74, 6) is -0.614. The number of carbonyl (C=O) groups is 1.